The quantitative estimate of drug-likeness (QED) is 0.606. The SMILES string of the molecule is CN(C)CCOc1cccc(C(=N)N)c1.Cl. The van der Waals surface area contributed by atoms with Crippen molar-refractivity contribution in [3.63, 3.8) is 0 Å². The van der Waals surface area contributed by atoms with Gasteiger partial charge in [-0.1, -0.05) is 12.1 Å². The number of nitrogens with zero attached hydrogens (tertiary/aromatic N) is 1. The monoisotopic (exact) mass is 243 g/mol. The van der Waals surface area contributed by atoms with Gasteiger partial charge < -0.3 is 15.4 Å². The fourth-order valence-electron chi connectivity index (χ4n) is 1.10. The van der Waals surface area contributed by atoms with Crippen LogP contribution in [0.1, 0.15) is 5.56 Å². The van der Waals surface area contributed by atoms with Crippen molar-refractivity contribution in [2.75, 3.05) is 27.2 Å². The number of likely N-dealkylation sites (N-methyl/N-ethyl adjacent to an activating group) is 1. The number of nitrogen functional groups attached to an aromatic ring is 1. The molecular formula is C11H18ClN3O. The number of hydrogen-bond acceptors (Lipinski definition) is 3. The molecule has 0 fully saturated rings. The van der Waals surface area contributed by atoms with Crippen LogP contribution < -0.4 is 10.5 Å². The molecule has 0 aromatic heterocycles. The van der Waals surface area contributed by atoms with Gasteiger partial charge in [0.15, 0.2) is 0 Å². The Hall–Kier alpha value is -1.26. The van der Waals surface area contributed by atoms with Crippen molar-refractivity contribution in [1.82, 2.24) is 4.90 Å². The summed E-state index contributed by atoms with van der Waals surface area (Å²) in [6, 6.07) is 7.27. The molecule has 0 amide bonds. The van der Waals surface area contributed by atoms with E-state index in [4.69, 9.17) is 15.9 Å². The third-order valence-corrected chi connectivity index (χ3v) is 1.95. The van der Waals surface area contributed by atoms with Crippen molar-refractivity contribution in [1.29, 1.82) is 5.41 Å². The number of nitrogens with one attached hydrogen (secondary N) is 1. The van der Waals surface area contributed by atoms with E-state index in [1.807, 2.05) is 26.2 Å². The fourth-order valence-corrected chi connectivity index (χ4v) is 1.10. The van der Waals surface area contributed by atoms with Crippen molar-refractivity contribution in [2.45, 2.75) is 0 Å². The molecule has 1 aromatic rings. The number of hydrogen-bond donors (Lipinski definition) is 2. The smallest absolute Gasteiger partial charge is 0.122 e. The number of benzene rings is 1. The molecule has 0 aliphatic heterocycles. The van der Waals surface area contributed by atoms with Gasteiger partial charge in [-0.2, -0.15) is 0 Å². The topological polar surface area (TPSA) is 62.3 Å². The van der Waals surface area contributed by atoms with Crippen LogP contribution in [-0.4, -0.2) is 38.0 Å². The van der Waals surface area contributed by atoms with E-state index in [2.05, 4.69) is 4.90 Å². The van der Waals surface area contributed by atoms with Gasteiger partial charge in [-0.15, -0.1) is 12.4 Å². The van der Waals surface area contributed by atoms with E-state index in [0.29, 0.717) is 12.2 Å². The maximum Gasteiger partial charge on any atom is 0.122 e. The molecule has 1 rings (SSSR count). The van der Waals surface area contributed by atoms with Crippen LogP contribution in [0.15, 0.2) is 24.3 Å². The second-order valence-corrected chi connectivity index (χ2v) is 3.59. The predicted octanol–water partition coefficient (Wildman–Crippen LogP) is 1.33. The Morgan fingerprint density at radius 1 is 1.44 bits per heavy atom. The van der Waals surface area contributed by atoms with E-state index in [9.17, 15) is 0 Å². The Bertz CT molecular complexity index is 342. The van der Waals surface area contributed by atoms with Gasteiger partial charge in [0.25, 0.3) is 0 Å². The Morgan fingerprint density at radius 2 is 2.12 bits per heavy atom. The minimum absolute atomic E-state index is 0. The highest BCUT2D eigenvalue weighted by molar-refractivity contribution is 5.95. The van der Waals surface area contributed by atoms with Crippen molar-refractivity contribution in [2.24, 2.45) is 5.73 Å². The zero-order chi connectivity index (χ0) is 11.3. The summed E-state index contributed by atoms with van der Waals surface area (Å²) in [5.74, 6) is 0.817. The third kappa shape index (κ3) is 5.00. The first-order valence-corrected chi connectivity index (χ1v) is 4.81. The highest BCUT2D eigenvalue weighted by atomic mass is 35.5. The molecule has 5 heteroatoms. The van der Waals surface area contributed by atoms with Gasteiger partial charge in [-0.05, 0) is 26.2 Å². The molecule has 4 nitrogen and oxygen atoms in total. The summed E-state index contributed by atoms with van der Waals surface area (Å²) in [7, 11) is 3.99. The van der Waals surface area contributed by atoms with E-state index in [0.717, 1.165) is 12.3 Å². The van der Waals surface area contributed by atoms with Crippen molar-refractivity contribution < 1.29 is 4.74 Å². The molecule has 0 radical (unpaired) electrons. The van der Waals surface area contributed by atoms with Crippen molar-refractivity contribution >= 4 is 18.2 Å². The number of amidine groups is 1. The summed E-state index contributed by atoms with van der Waals surface area (Å²) in [5.41, 5.74) is 6.07. The second-order valence-electron chi connectivity index (χ2n) is 3.59. The minimum atomic E-state index is 0. The molecular weight excluding hydrogens is 226 g/mol. The highest BCUT2D eigenvalue weighted by Gasteiger charge is 1.99. The molecule has 90 valence electrons. The standard InChI is InChI=1S/C11H17N3O.ClH/c1-14(2)6-7-15-10-5-3-4-9(8-10)11(12)13;/h3-5,8H,6-7H2,1-2H3,(H3,12,13);1H. The van der Waals surface area contributed by atoms with Gasteiger partial charge in [0.1, 0.15) is 18.2 Å². The lowest BCUT2D eigenvalue weighted by molar-refractivity contribution is 0.261. The zero-order valence-electron chi connectivity index (χ0n) is 9.56. The molecule has 16 heavy (non-hydrogen) atoms. The van der Waals surface area contributed by atoms with Crippen LogP contribution in [0.2, 0.25) is 0 Å². The predicted molar refractivity (Wildman–Crippen MR) is 68.8 cm³/mol. The molecule has 0 spiro atoms. The lowest BCUT2D eigenvalue weighted by atomic mass is 10.2. The first kappa shape index (κ1) is 14.7. The first-order valence-electron chi connectivity index (χ1n) is 4.81. The van der Waals surface area contributed by atoms with E-state index < -0.39 is 0 Å². The maximum absolute atomic E-state index is 7.29. The average molecular weight is 244 g/mol. The van der Waals surface area contributed by atoms with E-state index in [1.54, 1.807) is 12.1 Å². The second kappa shape index (κ2) is 7.09. The van der Waals surface area contributed by atoms with Gasteiger partial charge >= 0.3 is 0 Å². The van der Waals surface area contributed by atoms with Crippen LogP contribution >= 0.6 is 12.4 Å². The van der Waals surface area contributed by atoms with E-state index in [1.165, 1.54) is 0 Å². The van der Waals surface area contributed by atoms with Crippen LogP contribution in [0.4, 0.5) is 0 Å². The number of nitrogens with two attached hydrogens (primary N) is 1. The average Bonchev–Trinajstić information content (AvgIpc) is 2.17. The van der Waals surface area contributed by atoms with Crippen LogP contribution in [0, 0.1) is 5.41 Å². The summed E-state index contributed by atoms with van der Waals surface area (Å²) >= 11 is 0. The summed E-state index contributed by atoms with van der Waals surface area (Å²) in [6.45, 7) is 1.50. The van der Waals surface area contributed by atoms with Gasteiger partial charge in [0.2, 0.25) is 0 Å². The van der Waals surface area contributed by atoms with Crippen molar-refractivity contribution in [3.8, 4) is 5.75 Å². The summed E-state index contributed by atoms with van der Waals surface area (Å²) < 4.78 is 5.51. The fraction of sp³-hybridized carbons (Fsp3) is 0.364. The summed E-state index contributed by atoms with van der Waals surface area (Å²) in [6.07, 6.45) is 0. The molecule has 0 aliphatic carbocycles. The van der Waals surface area contributed by atoms with Gasteiger partial charge in [-0.3, -0.25) is 5.41 Å². The molecule has 0 heterocycles. The van der Waals surface area contributed by atoms with Crippen LogP contribution in [-0.2, 0) is 0 Å². The lowest BCUT2D eigenvalue weighted by Crippen LogP contribution is -2.19. The number of rotatable bonds is 5. The van der Waals surface area contributed by atoms with Crippen molar-refractivity contribution in [3.05, 3.63) is 29.8 Å². The van der Waals surface area contributed by atoms with Crippen LogP contribution in [0.3, 0.4) is 0 Å². The minimum Gasteiger partial charge on any atom is -0.492 e. The largest absolute Gasteiger partial charge is 0.492 e. The van der Waals surface area contributed by atoms with Gasteiger partial charge in [-0.25, -0.2) is 0 Å². The van der Waals surface area contributed by atoms with Crippen LogP contribution in [0.25, 0.3) is 0 Å². The molecule has 1 aromatic carbocycles. The Labute approximate surface area is 102 Å². The van der Waals surface area contributed by atoms with E-state index in [-0.39, 0.29) is 18.2 Å². The molecule has 0 bridgehead atoms. The molecule has 0 saturated heterocycles. The Morgan fingerprint density at radius 3 is 2.69 bits per heavy atom. The molecule has 3 N–H and O–H groups in total. The number of halogens is 1. The maximum atomic E-state index is 7.29. The zero-order valence-corrected chi connectivity index (χ0v) is 10.4. The molecule has 0 saturated carbocycles. The summed E-state index contributed by atoms with van der Waals surface area (Å²) in [4.78, 5) is 2.05. The molecule has 0 unspecified atom stereocenters. The van der Waals surface area contributed by atoms with E-state index >= 15 is 0 Å². The van der Waals surface area contributed by atoms with Crippen LogP contribution in [0.5, 0.6) is 5.75 Å². The third-order valence-electron chi connectivity index (χ3n) is 1.95. The Balaban J connectivity index is 0.00000225. The normalized spacial score (nSPS) is 9.69. The Kier molecular flexibility index (Phi) is 6.53. The lowest BCUT2D eigenvalue weighted by Gasteiger charge is -2.11. The van der Waals surface area contributed by atoms with Gasteiger partial charge in [0.05, 0.1) is 0 Å². The first-order chi connectivity index (χ1) is 7.09. The summed E-state index contributed by atoms with van der Waals surface area (Å²) in [5, 5.41) is 7.29. The molecule has 0 atom stereocenters. The molecule has 0 aliphatic rings. The highest BCUT2D eigenvalue weighted by Crippen LogP contribution is 2.12. The van der Waals surface area contributed by atoms with Gasteiger partial charge in [0, 0.05) is 12.1 Å². The number of ether oxygens (including phenoxy) is 1.